The molecule has 2 aromatic carbocycles. The Morgan fingerprint density at radius 2 is 1.94 bits per heavy atom. The average Bonchev–Trinajstić information content (AvgIpc) is 2.35. The molecule has 0 atom stereocenters. The van der Waals surface area contributed by atoms with Crippen LogP contribution in [0, 0.1) is 9.39 Å². The monoisotopic (exact) mass is 358 g/mol. The van der Waals surface area contributed by atoms with Gasteiger partial charge in [-0.1, -0.05) is 0 Å². The van der Waals surface area contributed by atoms with Crippen molar-refractivity contribution in [3.05, 3.63) is 45.8 Å². The molecule has 0 bridgehead atoms. The standard InChI is InChI=1S/C13H12FIN2O/c1-18-9-3-4-11(16)13(7-9)17-12-5-2-8(15)6-10(12)14/h2-7,17H,16H2,1H3. The number of hydrogen-bond donors (Lipinski definition) is 2. The lowest BCUT2D eigenvalue weighted by molar-refractivity contribution is 0.415. The van der Waals surface area contributed by atoms with E-state index in [9.17, 15) is 4.39 Å². The fourth-order valence-electron chi connectivity index (χ4n) is 1.51. The number of methoxy groups -OCH3 is 1. The van der Waals surface area contributed by atoms with Gasteiger partial charge < -0.3 is 15.8 Å². The zero-order valence-electron chi connectivity index (χ0n) is 9.71. The van der Waals surface area contributed by atoms with E-state index in [1.165, 1.54) is 6.07 Å². The van der Waals surface area contributed by atoms with Crippen molar-refractivity contribution in [2.75, 3.05) is 18.2 Å². The van der Waals surface area contributed by atoms with Crippen LogP contribution in [0.3, 0.4) is 0 Å². The normalized spacial score (nSPS) is 10.2. The third kappa shape index (κ3) is 2.84. The summed E-state index contributed by atoms with van der Waals surface area (Å²) in [5.41, 5.74) is 7.37. The molecule has 3 N–H and O–H groups in total. The van der Waals surface area contributed by atoms with Gasteiger partial charge in [0, 0.05) is 9.64 Å². The van der Waals surface area contributed by atoms with Crippen molar-refractivity contribution < 1.29 is 9.13 Å². The first-order valence-corrected chi connectivity index (χ1v) is 6.33. The lowest BCUT2D eigenvalue weighted by Gasteiger charge is -2.11. The Bertz CT molecular complexity index is 575. The number of nitrogens with one attached hydrogen (secondary N) is 1. The second-order valence-corrected chi connectivity index (χ2v) is 4.95. The molecule has 0 fully saturated rings. The highest BCUT2D eigenvalue weighted by molar-refractivity contribution is 14.1. The molecule has 3 nitrogen and oxygen atoms in total. The fourth-order valence-corrected chi connectivity index (χ4v) is 1.96. The van der Waals surface area contributed by atoms with Crippen LogP contribution in [0.25, 0.3) is 0 Å². The predicted octanol–water partition coefficient (Wildman–Crippen LogP) is 3.76. The van der Waals surface area contributed by atoms with Crippen LogP contribution in [-0.4, -0.2) is 7.11 Å². The maximum absolute atomic E-state index is 13.7. The third-order valence-corrected chi connectivity index (χ3v) is 3.13. The summed E-state index contributed by atoms with van der Waals surface area (Å²) in [5, 5.41) is 2.96. The average molecular weight is 358 g/mol. The van der Waals surface area contributed by atoms with Crippen LogP contribution in [0.1, 0.15) is 0 Å². The predicted molar refractivity (Wildman–Crippen MR) is 79.8 cm³/mol. The van der Waals surface area contributed by atoms with Crippen molar-refractivity contribution in [3.63, 3.8) is 0 Å². The van der Waals surface area contributed by atoms with Crippen molar-refractivity contribution in [1.82, 2.24) is 0 Å². The molecule has 0 aliphatic rings. The van der Waals surface area contributed by atoms with Gasteiger partial charge in [-0.15, -0.1) is 0 Å². The molecular weight excluding hydrogens is 346 g/mol. The van der Waals surface area contributed by atoms with Crippen molar-refractivity contribution in [2.24, 2.45) is 0 Å². The van der Waals surface area contributed by atoms with Crippen LogP contribution in [-0.2, 0) is 0 Å². The second kappa shape index (κ2) is 5.43. The molecule has 0 spiro atoms. The minimum atomic E-state index is -0.316. The SMILES string of the molecule is COc1ccc(N)c(Nc2ccc(I)cc2F)c1. The van der Waals surface area contributed by atoms with Crippen molar-refractivity contribution in [1.29, 1.82) is 0 Å². The number of halogens is 2. The van der Waals surface area contributed by atoms with E-state index in [0.717, 1.165) is 3.57 Å². The van der Waals surface area contributed by atoms with E-state index in [1.54, 1.807) is 31.4 Å². The topological polar surface area (TPSA) is 47.3 Å². The largest absolute Gasteiger partial charge is 0.497 e. The number of hydrogen-bond acceptors (Lipinski definition) is 3. The van der Waals surface area contributed by atoms with Gasteiger partial charge in [0.2, 0.25) is 0 Å². The zero-order chi connectivity index (χ0) is 13.1. The molecule has 0 aliphatic carbocycles. The van der Waals surface area contributed by atoms with E-state index in [0.29, 0.717) is 22.8 Å². The highest BCUT2D eigenvalue weighted by atomic mass is 127. The molecule has 0 unspecified atom stereocenters. The van der Waals surface area contributed by atoms with Crippen molar-refractivity contribution in [2.45, 2.75) is 0 Å². The molecule has 0 heterocycles. The molecule has 0 aliphatic heterocycles. The first-order chi connectivity index (χ1) is 8.60. The summed E-state index contributed by atoms with van der Waals surface area (Å²) in [5.74, 6) is 0.349. The lowest BCUT2D eigenvalue weighted by Crippen LogP contribution is -1.99. The quantitative estimate of drug-likeness (QED) is 0.649. The smallest absolute Gasteiger partial charge is 0.147 e. The highest BCUT2D eigenvalue weighted by Crippen LogP contribution is 2.29. The summed E-state index contributed by atoms with van der Waals surface area (Å²) in [4.78, 5) is 0. The summed E-state index contributed by atoms with van der Waals surface area (Å²) in [6, 6.07) is 10.2. The first kappa shape index (κ1) is 12.9. The molecule has 5 heteroatoms. The third-order valence-electron chi connectivity index (χ3n) is 2.46. The van der Waals surface area contributed by atoms with Crippen LogP contribution in [0.5, 0.6) is 5.75 Å². The minimum Gasteiger partial charge on any atom is -0.497 e. The Morgan fingerprint density at radius 1 is 1.17 bits per heavy atom. The summed E-state index contributed by atoms with van der Waals surface area (Å²) >= 11 is 2.06. The van der Waals surface area contributed by atoms with Gasteiger partial charge in [-0.2, -0.15) is 0 Å². The van der Waals surface area contributed by atoms with Gasteiger partial charge in [0.1, 0.15) is 11.6 Å². The molecule has 18 heavy (non-hydrogen) atoms. The van der Waals surface area contributed by atoms with Crippen LogP contribution < -0.4 is 15.8 Å². The van der Waals surface area contributed by atoms with Gasteiger partial charge in [0.15, 0.2) is 0 Å². The summed E-state index contributed by atoms with van der Waals surface area (Å²) < 4.78 is 19.7. The maximum Gasteiger partial charge on any atom is 0.147 e. The highest BCUT2D eigenvalue weighted by Gasteiger charge is 2.06. The van der Waals surface area contributed by atoms with Crippen LogP contribution >= 0.6 is 22.6 Å². The molecule has 2 aromatic rings. The van der Waals surface area contributed by atoms with Gasteiger partial charge in [0.05, 0.1) is 24.2 Å². The number of ether oxygens (including phenoxy) is 1. The molecule has 0 saturated carbocycles. The fraction of sp³-hybridized carbons (Fsp3) is 0.0769. The summed E-state index contributed by atoms with van der Waals surface area (Å²) in [6.45, 7) is 0. The summed E-state index contributed by atoms with van der Waals surface area (Å²) in [6.07, 6.45) is 0. The lowest BCUT2D eigenvalue weighted by atomic mass is 10.2. The molecule has 2 rings (SSSR count). The van der Waals surface area contributed by atoms with Gasteiger partial charge >= 0.3 is 0 Å². The summed E-state index contributed by atoms with van der Waals surface area (Å²) in [7, 11) is 1.57. The van der Waals surface area contributed by atoms with E-state index in [-0.39, 0.29) is 5.82 Å². The van der Waals surface area contributed by atoms with Crippen LogP contribution in [0.15, 0.2) is 36.4 Å². The zero-order valence-corrected chi connectivity index (χ0v) is 11.9. The Balaban J connectivity index is 2.33. The second-order valence-electron chi connectivity index (χ2n) is 3.70. The molecule has 94 valence electrons. The number of benzene rings is 2. The molecule has 0 amide bonds. The number of rotatable bonds is 3. The van der Waals surface area contributed by atoms with E-state index in [1.807, 2.05) is 6.07 Å². The minimum absolute atomic E-state index is 0.316. The number of nitrogens with two attached hydrogens (primary N) is 1. The molecule has 0 radical (unpaired) electrons. The van der Waals surface area contributed by atoms with E-state index < -0.39 is 0 Å². The Labute approximate surface area is 118 Å². The Kier molecular flexibility index (Phi) is 3.90. The van der Waals surface area contributed by atoms with Crippen molar-refractivity contribution in [3.8, 4) is 5.75 Å². The van der Waals surface area contributed by atoms with Crippen LogP contribution in [0.2, 0.25) is 0 Å². The Morgan fingerprint density at radius 3 is 2.61 bits per heavy atom. The van der Waals surface area contributed by atoms with E-state index in [4.69, 9.17) is 10.5 Å². The number of nitrogen functional groups attached to an aromatic ring is 1. The van der Waals surface area contributed by atoms with Gasteiger partial charge in [-0.25, -0.2) is 4.39 Å². The van der Waals surface area contributed by atoms with Gasteiger partial charge in [-0.05, 0) is 52.9 Å². The first-order valence-electron chi connectivity index (χ1n) is 5.26. The molecular formula is C13H12FIN2O. The Hall–Kier alpha value is -1.50. The maximum atomic E-state index is 13.7. The van der Waals surface area contributed by atoms with Gasteiger partial charge in [0.25, 0.3) is 0 Å². The van der Waals surface area contributed by atoms with E-state index in [2.05, 4.69) is 27.9 Å². The molecule has 0 aromatic heterocycles. The van der Waals surface area contributed by atoms with E-state index >= 15 is 0 Å². The van der Waals surface area contributed by atoms with Crippen LogP contribution in [0.4, 0.5) is 21.5 Å². The van der Waals surface area contributed by atoms with Crippen molar-refractivity contribution >= 4 is 39.7 Å². The molecule has 0 saturated heterocycles. The number of anilines is 3. The van der Waals surface area contributed by atoms with Gasteiger partial charge in [-0.3, -0.25) is 0 Å².